The Labute approximate surface area is 118 Å². The van der Waals surface area contributed by atoms with E-state index in [1.165, 1.54) is 29.5 Å². The van der Waals surface area contributed by atoms with Crippen LogP contribution < -0.4 is 5.32 Å². The van der Waals surface area contributed by atoms with Gasteiger partial charge < -0.3 is 5.32 Å². The zero-order chi connectivity index (χ0) is 14.1. The summed E-state index contributed by atoms with van der Waals surface area (Å²) < 4.78 is 29.6. The van der Waals surface area contributed by atoms with Crippen LogP contribution >= 0.6 is 11.3 Å². The molecule has 0 saturated heterocycles. The summed E-state index contributed by atoms with van der Waals surface area (Å²) in [5.41, 5.74) is 0.866. The molecule has 2 aromatic heterocycles. The van der Waals surface area contributed by atoms with Gasteiger partial charge in [-0.1, -0.05) is 6.07 Å². The van der Waals surface area contributed by atoms with E-state index in [4.69, 9.17) is 0 Å². The molecule has 0 aliphatic rings. The number of likely N-dealkylation sites (N-methyl/N-ethyl adjacent to an activating group) is 1. The van der Waals surface area contributed by atoms with Crippen molar-refractivity contribution in [2.24, 2.45) is 0 Å². The van der Waals surface area contributed by atoms with Crippen molar-refractivity contribution in [1.82, 2.24) is 14.7 Å². The monoisotopic (exact) mass is 293 g/mol. The molecule has 1 aromatic carbocycles. The summed E-state index contributed by atoms with van der Waals surface area (Å²) in [5, 5.41) is 4.90. The molecule has 20 heavy (non-hydrogen) atoms. The third-order valence-corrected chi connectivity index (χ3v) is 4.02. The minimum Gasteiger partial charge on any atom is -0.312 e. The van der Waals surface area contributed by atoms with E-state index in [2.05, 4.69) is 10.3 Å². The van der Waals surface area contributed by atoms with Crippen LogP contribution in [0.1, 0.15) is 17.3 Å². The number of benzene rings is 1. The van der Waals surface area contributed by atoms with E-state index < -0.39 is 17.7 Å². The Kier molecular flexibility index (Phi) is 3.50. The van der Waals surface area contributed by atoms with Crippen LogP contribution in [0.3, 0.4) is 0 Å². The summed E-state index contributed by atoms with van der Waals surface area (Å²) in [6.45, 7) is 0. The van der Waals surface area contributed by atoms with Gasteiger partial charge in [-0.3, -0.25) is 4.40 Å². The molecule has 0 spiro atoms. The molecule has 0 aliphatic carbocycles. The van der Waals surface area contributed by atoms with Crippen LogP contribution in [0.5, 0.6) is 0 Å². The van der Waals surface area contributed by atoms with E-state index in [-0.39, 0.29) is 5.56 Å². The average Bonchev–Trinajstić information content (AvgIpc) is 2.98. The second-order valence-electron chi connectivity index (χ2n) is 4.51. The van der Waals surface area contributed by atoms with E-state index >= 15 is 0 Å². The fourth-order valence-electron chi connectivity index (χ4n) is 2.28. The van der Waals surface area contributed by atoms with Crippen LogP contribution in [-0.4, -0.2) is 16.4 Å². The number of hydrogen-bond donors (Lipinski definition) is 1. The molecule has 0 saturated carbocycles. The maximum atomic E-state index is 13.8. The van der Waals surface area contributed by atoms with Gasteiger partial charge in [0.25, 0.3) is 0 Å². The fourth-order valence-corrected chi connectivity index (χ4v) is 2.99. The zero-order valence-corrected chi connectivity index (χ0v) is 11.6. The topological polar surface area (TPSA) is 29.3 Å². The minimum absolute atomic E-state index is 0.0614. The predicted octanol–water partition coefficient (Wildman–Crippen LogP) is 3.18. The maximum Gasteiger partial charge on any atom is 0.193 e. The first kappa shape index (κ1) is 13.2. The lowest BCUT2D eigenvalue weighted by atomic mass is 10.0. The summed E-state index contributed by atoms with van der Waals surface area (Å²) in [6.07, 6.45) is 4.23. The second-order valence-corrected chi connectivity index (χ2v) is 5.38. The SMILES string of the molecule is CNC(Cc1cn2ccsc2n1)c1c(F)cccc1F. The third-order valence-electron chi connectivity index (χ3n) is 3.25. The van der Waals surface area contributed by atoms with Gasteiger partial charge >= 0.3 is 0 Å². The molecule has 3 aromatic rings. The Morgan fingerprint density at radius 3 is 2.75 bits per heavy atom. The van der Waals surface area contributed by atoms with Gasteiger partial charge in [0.1, 0.15) is 11.6 Å². The summed E-state index contributed by atoms with van der Waals surface area (Å²) in [4.78, 5) is 5.32. The maximum absolute atomic E-state index is 13.8. The van der Waals surface area contributed by atoms with Crippen molar-refractivity contribution >= 4 is 16.3 Å². The fraction of sp³-hybridized carbons (Fsp3) is 0.214. The number of thiazole rings is 1. The Morgan fingerprint density at radius 2 is 2.10 bits per heavy atom. The van der Waals surface area contributed by atoms with Crippen LogP contribution in [-0.2, 0) is 6.42 Å². The van der Waals surface area contributed by atoms with Gasteiger partial charge in [-0.15, -0.1) is 11.3 Å². The smallest absolute Gasteiger partial charge is 0.193 e. The molecule has 0 amide bonds. The van der Waals surface area contributed by atoms with Gasteiger partial charge in [-0.25, -0.2) is 13.8 Å². The van der Waals surface area contributed by atoms with Crippen molar-refractivity contribution in [3.05, 3.63) is 58.9 Å². The Hall–Kier alpha value is -1.79. The number of rotatable bonds is 4. The lowest BCUT2D eigenvalue weighted by Crippen LogP contribution is -2.21. The molecule has 1 atom stereocenters. The van der Waals surface area contributed by atoms with E-state index in [1.54, 1.807) is 7.05 Å². The zero-order valence-electron chi connectivity index (χ0n) is 10.8. The summed E-state index contributed by atoms with van der Waals surface area (Å²) >= 11 is 1.53. The van der Waals surface area contributed by atoms with Crippen LogP contribution in [0.2, 0.25) is 0 Å². The number of imidazole rings is 1. The number of nitrogens with one attached hydrogen (secondary N) is 1. The number of halogens is 2. The first-order valence-corrected chi connectivity index (χ1v) is 7.09. The van der Waals surface area contributed by atoms with Crippen LogP contribution in [0.4, 0.5) is 8.78 Å². The van der Waals surface area contributed by atoms with Crippen LogP contribution in [0.25, 0.3) is 4.96 Å². The molecular formula is C14H13F2N3S. The van der Waals surface area contributed by atoms with Crippen molar-refractivity contribution in [2.45, 2.75) is 12.5 Å². The van der Waals surface area contributed by atoms with Gasteiger partial charge in [0, 0.05) is 35.8 Å². The molecule has 1 N–H and O–H groups in total. The quantitative estimate of drug-likeness (QED) is 0.800. The molecule has 0 bridgehead atoms. The summed E-state index contributed by atoms with van der Waals surface area (Å²) in [6, 6.07) is 3.47. The van der Waals surface area contributed by atoms with E-state index in [1.807, 2.05) is 22.2 Å². The highest BCUT2D eigenvalue weighted by molar-refractivity contribution is 7.15. The van der Waals surface area contributed by atoms with Crippen molar-refractivity contribution < 1.29 is 8.78 Å². The molecule has 0 fully saturated rings. The molecule has 2 heterocycles. The first-order chi connectivity index (χ1) is 9.69. The molecule has 0 radical (unpaired) electrons. The molecule has 3 nitrogen and oxygen atoms in total. The highest BCUT2D eigenvalue weighted by Crippen LogP contribution is 2.24. The van der Waals surface area contributed by atoms with E-state index in [0.717, 1.165) is 10.7 Å². The van der Waals surface area contributed by atoms with Gasteiger partial charge in [0.05, 0.1) is 5.69 Å². The van der Waals surface area contributed by atoms with Gasteiger partial charge in [-0.05, 0) is 19.2 Å². The molecule has 6 heteroatoms. The first-order valence-electron chi connectivity index (χ1n) is 6.21. The number of hydrogen-bond acceptors (Lipinski definition) is 3. The number of fused-ring (bicyclic) bond motifs is 1. The largest absolute Gasteiger partial charge is 0.312 e. The average molecular weight is 293 g/mol. The van der Waals surface area contributed by atoms with Crippen LogP contribution in [0.15, 0.2) is 36.0 Å². The summed E-state index contributed by atoms with van der Waals surface area (Å²) in [7, 11) is 1.69. The highest BCUT2D eigenvalue weighted by Gasteiger charge is 2.20. The number of aromatic nitrogens is 2. The van der Waals surface area contributed by atoms with E-state index in [0.29, 0.717) is 6.42 Å². The van der Waals surface area contributed by atoms with Crippen molar-refractivity contribution in [1.29, 1.82) is 0 Å². The van der Waals surface area contributed by atoms with E-state index in [9.17, 15) is 8.78 Å². The van der Waals surface area contributed by atoms with Crippen LogP contribution in [0, 0.1) is 11.6 Å². The Morgan fingerprint density at radius 1 is 1.35 bits per heavy atom. The standard InChI is InChI=1S/C14H13F2N3S/c1-17-12(13-10(15)3-2-4-11(13)16)7-9-8-19-5-6-20-14(19)18-9/h2-6,8,12,17H,7H2,1H3. The van der Waals surface area contributed by atoms with Gasteiger partial charge in [0.15, 0.2) is 4.96 Å². The Bertz CT molecular complexity index is 686. The Balaban J connectivity index is 1.92. The molecule has 1 unspecified atom stereocenters. The molecular weight excluding hydrogens is 280 g/mol. The predicted molar refractivity (Wildman–Crippen MR) is 74.9 cm³/mol. The lowest BCUT2D eigenvalue weighted by molar-refractivity contribution is 0.487. The second kappa shape index (κ2) is 5.30. The molecule has 104 valence electrons. The number of nitrogens with zero attached hydrogens (tertiary/aromatic N) is 2. The van der Waals surface area contributed by atoms with Crippen molar-refractivity contribution in [3.8, 4) is 0 Å². The summed E-state index contributed by atoms with van der Waals surface area (Å²) in [5.74, 6) is -1.07. The van der Waals surface area contributed by atoms with Crippen molar-refractivity contribution in [2.75, 3.05) is 7.05 Å². The van der Waals surface area contributed by atoms with Gasteiger partial charge in [0.2, 0.25) is 0 Å². The van der Waals surface area contributed by atoms with Crippen molar-refractivity contribution in [3.63, 3.8) is 0 Å². The normalized spacial score (nSPS) is 12.9. The molecule has 0 aliphatic heterocycles. The highest BCUT2D eigenvalue weighted by atomic mass is 32.1. The third kappa shape index (κ3) is 2.32. The minimum atomic E-state index is -0.537. The molecule has 3 rings (SSSR count). The van der Waals surface area contributed by atoms with Gasteiger partial charge in [-0.2, -0.15) is 0 Å². The lowest BCUT2D eigenvalue weighted by Gasteiger charge is -2.16.